The van der Waals surface area contributed by atoms with Gasteiger partial charge in [0.2, 0.25) is 0 Å². The van der Waals surface area contributed by atoms with Crippen LogP contribution in [0.5, 0.6) is 0 Å². The number of nitrogens with one attached hydrogen (secondary N) is 1. The van der Waals surface area contributed by atoms with Crippen molar-refractivity contribution in [2.24, 2.45) is 7.05 Å². The highest BCUT2D eigenvalue weighted by Crippen LogP contribution is 2.20. The first-order valence-electron chi connectivity index (χ1n) is 7.81. The monoisotopic (exact) mass is 377 g/mol. The molecular weight excluding hydrogens is 358 g/mol. The average Bonchev–Trinajstić information content (AvgIpc) is 2.60. The second kappa shape index (κ2) is 7.12. The molecule has 0 saturated carbocycles. The van der Waals surface area contributed by atoms with E-state index in [-0.39, 0.29) is 5.56 Å². The van der Waals surface area contributed by atoms with E-state index >= 15 is 0 Å². The smallest absolute Gasteiger partial charge is 0.282 e. The van der Waals surface area contributed by atoms with Crippen molar-refractivity contribution in [3.63, 3.8) is 0 Å². The van der Waals surface area contributed by atoms with Gasteiger partial charge >= 0.3 is 0 Å². The molecule has 1 N–H and O–H groups in total. The van der Waals surface area contributed by atoms with Gasteiger partial charge in [0, 0.05) is 32.9 Å². The van der Waals surface area contributed by atoms with Crippen LogP contribution in [-0.2, 0) is 13.6 Å². The van der Waals surface area contributed by atoms with Crippen molar-refractivity contribution in [1.29, 1.82) is 0 Å². The van der Waals surface area contributed by atoms with Crippen molar-refractivity contribution in [2.45, 2.75) is 25.8 Å². The summed E-state index contributed by atoms with van der Waals surface area (Å²) in [6.07, 6.45) is 7.27. The van der Waals surface area contributed by atoms with Crippen molar-refractivity contribution in [3.8, 4) is 0 Å². The first-order chi connectivity index (χ1) is 11.1. The second-order valence-corrected chi connectivity index (χ2v) is 6.52. The van der Waals surface area contributed by atoms with Crippen LogP contribution in [-0.4, -0.2) is 27.9 Å². The number of nitrogens with zero attached hydrogens (tertiary/aromatic N) is 4. The Morgan fingerprint density at radius 3 is 2.87 bits per heavy atom. The maximum absolute atomic E-state index is 11.9. The van der Waals surface area contributed by atoms with E-state index in [0.29, 0.717) is 16.7 Å². The molecule has 1 fully saturated rings. The number of halogens is 1. The molecule has 0 radical (unpaired) electrons. The summed E-state index contributed by atoms with van der Waals surface area (Å²) in [5.74, 6) is 1.03. The first-order valence-corrected chi connectivity index (χ1v) is 8.60. The molecule has 0 spiro atoms. The SMILES string of the molecule is Cn1ncc(NCc2ccnc(N3CCCCC3)c2)c(Br)c1=O. The number of hydrogen-bond donors (Lipinski definition) is 1. The minimum Gasteiger partial charge on any atom is -0.379 e. The summed E-state index contributed by atoms with van der Waals surface area (Å²) in [4.78, 5) is 18.7. The molecule has 3 rings (SSSR count). The maximum Gasteiger partial charge on any atom is 0.282 e. The van der Waals surface area contributed by atoms with Crippen LogP contribution in [0.3, 0.4) is 0 Å². The third kappa shape index (κ3) is 3.72. The molecule has 0 unspecified atom stereocenters. The molecule has 7 heteroatoms. The van der Waals surface area contributed by atoms with Crippen LogP contribution in [0, 0.1) is 0 Å². The van der Waals surface area contributed by atoms with Gasteiger partial charge in [-0.05, 0) is 52.9 Å². The molecule has 6 nitrogen and oxygen atoms in total. The molecule has 1 aliphatic heterocycles. The molecule has 1 saturated heterocycles. The zero-order valence-corrected chi connectivity index (χ0v) is 14.7. The number of hydrogen-bond acceptors (Lipinski definition) is 5. The first kappa shape index (κ1) is 16.0. The fourth-order valence-electron chi connectivity index (χ4n) is 2.70. The number of aromatic nitrogens is 3. The van der Waals surface area contributed by atoms with Gasteiger partial charge < -0.3 is 10.2 Å². The van der Waals surface area contributed by atoms with Gasteiger partial charge in [0.15, 0.2) is 0 Å². The normalized spacial score (nSPS) is 14.8. The molecule has 23 heavy (non-hydrogen) atoms. The third-order valence-electron chi connectivity index (χ3n) is 4.05. The Kier molecular flexibility index (Phi) is 4.95. The number of rotatable bonds is 4. The van der Waals surface area contributed by atoms with Crippen LogP contribution in [0.4, 0.5) is 11.5 Å². The van der Waals surface area contributed by atoms with Crippen LogP contribution in [0.2, 0.25) is 0 Å². The average molecular weight is 378 g/mol. The van der Waals surface area contributed by atoms with Crippen LogP contribution in [0.15, 0.2) is 33.8 Å². The van der Waals surface area contributed by atoms with Crippen LogP contribution < -0.4 is 15.8 Å². The van der Waals surface area contributed by atoms with E-state index in [1.807, 2.05) is 12.3 Å². The minimum absolute atomic E-state index is 0.154. The highest BCUT2D eigenvalue weighted by atomic mass is 79.9. The molecule has 3 heterocycles. The van der Waals surface area contributed by atoms with Gasteiger partial charge in [-0.1, -0.05) is 0 Å². The van der Waals surface area contributed by atoms with Crippen molar-refractivity contribution < 1.29 is 0 Å². The van der Waals surface area contributed by atoms with Gasteiger partial charge in [-0.15, -0.1) is 0 Å². The molecule has 2 aromatic rings. The summed E-state index contributed by atoms with van der Waals surface area (Å²) in [5.41, 5.74) is 1.68. The predicted octanol–water partition coefficient (Wildman–Crippen LogP) is 2.54. The number of piperidine rings is 1. The zero-order valence-electron chi connectivity index (χ0n) is 13.1. The van der Waals surface area contributed by atoms with Crippen LogP contribution in [0.25, 0.3) is 0 Å². The lowest BCUT2D eigenvalue weighted by Gasteiger charge is -2.28. The molecule has 0 aliphatic carbocycles. The number of aryl methyl sites for hydroxylation is 1. The lowest BCUT2D eigenvalue weighted by molar-refractivity contribution is 0.573. The summed E-state index contributed by atoms with van der Waals surface area (Å²) < 4.78 is 1.80. The van der Waals surface area contributed by atoms with Gasteiger partial charge in [0.25, 0.3) is 5.56 Å². The van der Waals surface area contributed by atoms with Crippen LogP contribution in [0.1, 0.15) is 24.8 Å². The molecular formula is C16H20BrN5O. The van der Waals surface area contributed by atoms with Gasteiger partial charge in [-0.3, -0.25) is 4.79 Å². The Morgan fingerprint density at radius 1 is 1.30 bits per heavy atom. The Hall–Kier alpha value is -1.89. The van der Waals surface area contributed by atoms with E-state index in [1.54, 1.807) is 13.2 Å². The molecule has 0 amide bonds. The lowest BCUT2D eigenvalue weighted by Crippen LogP contribution is -2.30. The van der Waals surface area contributed by atoms with E-state index in [9.17, 15) is 4.79 Å². The Balaban J connectivity index is 1.71. The molecule has 122 valence electrons. The zero-order chi connectivity index (χ0) is 16.2. The van der Waals surface area contributed by atoms with E-state index in [1.165, 1.54) is 23.9 Å². The van der Waals surface area contributed by atoms with Gasteiger partial charge in [0.1, 0.15) is 10.3 Å². The Bertz CT molecular complexity index is 739. The fourth-order valence-corrected chi connectivity index (χ4v) is 3.20. The summed E-state index contributed by atoms with van der Waals surface area (Å²) in [6, 6.07) is 4.10. The highest BCUT2D eigenvalue weighted by molar-refractivity contribution is 9.10. The van der Waals surface area contributed by atoms with Crippen LogP contribution >= 0.6 is 15.9 Å². The minimum atomic E-state index is -0.154. The summed E-state index contributed by atoms with van der Waals surface area (Å²) in [5, 5.41) is 7.29. The summed E-state index contributed by atoms with van der Waals surface area (Å²) >= 11 is 3.33. The van der Waals surface area contributed by atoms with E-state index < -0.39 is 0 Å². The van der Waals surface area contributed by atoms with E-state index in [2.05, 4.69) is 42.3 Å². The molecule has 0 atom stereocenters. The van der Waals surface area contributed by atoms with Crippen molar-refractivity contribution in [2.75, 3.05) is 23.3 Å². The predicted molar refractivity (Wildman–Crippen MR) is 94.8 cm³/mol. The Morgan fingerprint density at radius 2 is 2.09 bits per heavy atom. The molecule has 2 aromatic heterocycles. The van der Waals surface area contributed by atoms with Crippen molar-refractivity contribution in [3.05, 3.63) is 44.9 Å². The van der Waals surface area contributed by atoms with E-state index in [4.69, 9.17) is 0 Å². The van der Waals surface area contributed by atoms with Gasteiger partial charge in [-0.25, -0.2) is 9.67 Å². The fraction of sp³-hybridized carbons (Fsp3) is 0.438. The van der Waals surface area contributed by atoms with Crippen molar-refractivity contribution >= 4 is 27.4 Å². The number of anilines is 2. The topological polar surface area (TPSA) is 63.1 Å². The third-order valence-corrected chi connectivity index (χ3v) is 4.82. The summed E-state index contributed by atoms with van der Waals surface area (Å²) in [6.45, 7) is 2.78. The van der Waals surface area contributed by atoms with Gasteiger partial charge in [0.05, 0.1) is 11.9 Å². The van der Waals surface area contributed by atoms with Gasteiger partial charge in [-0.2, -0.15) is 5.10 Å². The van der Waals surface area contributed by atoms with E-state index in [0.717, 1.165) is 24.5 Å². The number of pyridine rings is 1. The van der Waals surface area contributed by atoms with Crippen molar-refractivity contribution in [1.82, 2.24) is 14.8 Å². The lowest BCUT2D eigenvalue weighted by atomic mass is 10.1. The Labute approximate surface area is 143 Å². The largest absolute Gasteiger partial charge is 0.379 e. The maximum atomic E-state index is 11.9. The summed E-state index contributed by atoms with van der Waals surface area (Å²) in [7, 11) is 1.63. The standard InChI is InChI=1S/C16H20BrN5O/c1-21-16(23)15(17)13(11-20-21)19-10-12-5-6-18-14(9-12)22-7-3-2-4-8-22/h5-6,9,11,19H,2-4,7-8,10H2,1H3. The molecule has 0 bridgehead atoms. The quantitative estimate of drug-likeness (QED) is 0.886. The second-order valence-electron chi connectivity index (χ2n) is 5.72. The molecule has 1 aliphatic rings. The molecule has 0 aromatic carbocycles. The highest BCUT2D eigenvalue weighted by Gasteiger charge is 2.12.